The highest BCUT2D eigenvalue weighted by atomic mass is 16.6. The Morgan fingerprint density at radius 2 is 1.48 bits per heavy atom. The number of alkyl carbamates (subject to hydrolysis) is 1. The van der Waals surface area contributed by atoms with Crippen molar-refractivity contribution in [1.29, 1.82) is 0 Å². The number of unbranched alkanes of at least 4 members (excludes halogenated alkanes) is 1. The molecule has 1 fully saturated rings. The van der Waals surface area contributed by atoms with Gasteiger partial charge >= 0.3 is 6.09 Å². The van der Waals surface area contributed by atoms with Crippen molar-refractivity contribution in [3.8, 4) is 11.1 Å². The third-order valence-electron chi connectivity index (χ3n) is 8.70. The summed E-state index contributed by atoms with van der Waals surface area (Å²) in [5, 5.41) is 6.38. The van der Waals surface area contributed by atoms with Crippen LogP contribution in [0.1, 0.15) is 116 Å². The first-order valence-electron chi connectivity index (χ1n) is 15.7. The fraction of sp³-hybridized carbons (Fsp3) is 0.600. The smallest absolute Gasteiger partial charge is 0.407 e. The summed E-state index contributed by atoms with van der Waals surface area (Å²) in [6, 6.07) is 17.2. The maximum atomic E-state index is 13.9. The van der Waals surface area contributed by atoms with Gasteiger partial charge in [-0.05, 0) is 74.6 Å². The maximum absolute atomic E-state index is 13.9. The molecule has 0 heterocycles. The van der Waals surface area contributed by atoms with Crippen LogP contribution >= 0.6 is 0 Å². The molecule has 0 aromatic heterocycles. The van der Waals surface area contributed by atoms with Crippen LogP contribution in [0.4, 0.5) is 4.79 Å². The molecule has 1 unspecified atom stereocenters. The van der Waals surface area contributed by atoms with Crippen LogP contribution in [0.2, 0.25) is 0 Å². The molecule has 0 spiro atoms. The number of benzene rings is 2. The van der Waals surface area contributed by atoms with Crippen molar-refractivity contribution in [2.45, 2.75) is 122 Å². The normalized spacial score (nSPS) is 20.3. The number of carbonyl (C=O) groups excluding carboxylic acids is 2. The van der Waals surface area contributed by atoms with E-state index in [0.717, 1.165) is 62.5 Å². The van der Waals surface area contributed by atoms with Gasteiger partial charge < -0.3 is 15.4 Å². The number of amides is 2. The molecule has 2 amide bonds. The van der Waals surface area contributed by atoms with Gasteiger partial charge in [0, 0.05) is 12.6 Å². The van der Waals surface area contributed by atoms with Crippen LogP contribution in [0.3, 0.4) is 0 Å². The zero-order chi connectivity index (χ0) is 28.6. The highest BCUT2D eigenvalue weighted by Gasteiger charge is 2.48. The average molecular weight is 547 g/mol. The Bertz CT molecular complexity index is 1090. The Hall–Kier alpha value is -2.82. The minimum atomic E-state index is -0.610. The lowest BCUT2D eigenvalue weighted by Crippen LogP contribution is -2.44. The topological polar surface area (TPSA) is 67.4 Å². The zero-order valence-corrected chi connectivity index (χ0v) is 25.2. The molecular formula is C35H50N2O3. The number of hydrogen-bond acceptors (Lipinski definition) is 3. The molecule has 5 nitrogen and oxygen atoms in total. The van der Waals surface area contributed by atoms with Crippen molar-refractivity contribution in [3.05, 3.63) is 59.7 Å². The van der Waals surface area contributed by atoms with Crippen molar-refractivity contribution < 1.29 is 14.3 Å². The molecule has 40 heavy (non-hydrogen) atoms. The molecule has 0 saturated heterocycles. The summed E-state index contributed by atoms with van der Waals surface area (Å²) in [4.78, 5) is 26.2. The van der Waals surface area contributed by atoms with Gasteiger partial charge in [0.15, 0.2) is 0 Å². The maximum Gasteiger partial charge on any atom is 0.407 e. The summed E-state index contributed by atoms with van der Waals surface area (Å²) in [6.45, 7) is 8.53. The minimum absolute atomic E-state index is 0.151. The van der Waals surface area contributed by atoms with E-state index in [1.54, 1.807) is 0 Å². The van der Waals surface area contributed by atoms with Gasteiger partial charge in [-0.25, -0.2) is 4.79 Å². The molecule has 1 saturated carbocycles. The fourth-order valence-corrected chi connectivity index (χ4v) is 6.84. The Labute approximate surface area is 241 Å². The quantitative estimate of drug-likeness (QED) is 0.311. The second-order valence-electron chi connectivity index (χ2n) is 12.9. The molecule has 5 heteroatoms. The summed E-state index contributed by atoms with van der Waals surface area (Å²) >= 11 is 0. The van der Waals surface area contributed by atoms with E-state index in [0.29, 0.717) is 12.5 Å². The monoisotopic (exact) mass is 546 g/mol. The van der Waals surface area contributed by atoms with E-state index in [2.05, 4.69) is 66.1 Å². The molecule has 2 N–H and O–H groups in total. The van der Waals surface area contributed by atoms with Crippen molar-refractivity contribution in [2.24, 2.45) is 5.92 Å². The lowest BCUT2D eigenvalue weighted by molar-refractivity contribution is -0.125. The van der Waals surface area contributed by atoms with Gasteiger partial charge in [-0.1, -0.05) is 107 Å². The molecule has 2 aliphatic carbocycles. The Morgan fingerprint density at radius 1 is 0.875 bits per heavy atom. The van der Waals surface area contributed by atoms with Crippen molar-refractivity contribution in [2.75, 3.05) is 6.54 Å². The van der Waals surface area contributed by atoms with E-state index in [9.17, 15) is 9.59 Å². The number of hydrogen-bond donors (Lipinski definition) is 2. The van der Waals surface area contributed by atoms with Crippen LogP contribution in [-0.4, -0.2) is 30.2 Å². The molecule has 0 bridgehead atoms. The second-order valence-corrected chi connectivity index (χ2v) is 12.9. The van der Waals surface area contributed by atoms with E-state index in [1.807, 2.05) is 20.8 Å². The standard InChI is InChI=1S/C35H50N2O3/c1-5-25-36-32(38)35(30-22-10-8-20-28(30)29-21-9-11-23-31(29)35)24-13-12-16-26-15-6-7-18-27(19-14-17-26)37-33(39)40-34(2,3)4/h8-11,20-23,26-27H,5-7,12-19,24-25H2,1-4H3,(H,36,38)(H,37,39)/t26-,27?/m1/s1. The minimum Gasteiger partial charge on any atom is -0.444 e. The van der Waals surface area contributed by atoms with E-state index in [-0.39, 0.29) is 18.0 Å². The van der Waals surface area contributed by atoms with Crippen LogP contribution < -0.4 is 10.6 Å². The summed E-state index contributed by atoms with van der Waals surface area (Å²) in [5.74, 6) is 0.867. The van der Waals surface area contributed by atoms with E-state index in [4.69, 9.17) is 4.74 Å². The van der Waals surface area contributed by atoms with Gasteiger partial charge in [-0.3, -0.25) is 4.79 Å². The van der Waals surface area contributed by atoms with E-state index >= 15 is 0 Å². The highest BCUT2D eigenvalue weighted by Crippen LogP contribution is 2.51. The van der Waals surface area contributed by atoms with Crippen LogP contribution in [0, 0.1) is 5.92 Å². The summed E-state index contributed by atoms with van der Waals surface area (Å²) in [5.41, 5.74) is 3.66. The molecule has 2 aromatic carbocycles. The Balaban J connectivity index is 1.36. The molecule has 0 aliphatic heterocycles. The second kappa shape index (κ2) is 13.7. The molecule has 0 radical (unpaired) electrons. The van der Waals surface area contributed by atoms with E-state index < -0.39 is 11.0 Å². The molecule has 2 aromatic rings. The Morgan fingerprint density at radius 3 is 2.12 bits per heavy atom. The predicted molar refractivity (Wildman–Crippen MR) is 163 cm³/mol. The third kappa shape index (κ3) is 7.27. The third-order valence-corrected chi connectivity index (χ3v) is 8.70. The zero-order valence-electron chi connectivity index (χ0n) is 25.2. The van der Waals surface area contributed by atoms with Gasteiger partial charge in [0.1, 0.15) is 11.0 Å². The fourth-order valence-electron chi connectivity index (χ4n) is 6.84. The van der Waals surface area contributed by atoms with Gasteiger partial charge in [-0.15, -0.1) is 0 Å². The van der Waals surface area contributed by atoms with Gasteiger partial charge in [-0.2, -0.15) is 0 Å². The lowest BCUT2D eigenvalue weighted by Gasteiger charge is -2.31. The Kier molecular flexibility index (Phi) is 10.3. The first-order valence-corrected chi connectivity index (χ1v) is 15.7. The van der Waals surface area contributed by atoms with Crippen LogP contribution in [0.15, 0.2) is 48.5 Å². The summed E-state index contributed by atoms with van der Waals surface area (Å²) < 4.78 is 5.48. The van der Waals surface area contributed by atoms with E-state index in [1.165, 1.54) is 36.8 Å². The highest BCUT2D eigenvalue weighted by molar-refractivity contribution is 6.00. The van der Waals surface area contributed by atoms with Crippen LogP contribution in [-0.2, 0) is 14.9 Å². The van der Waals surface area contributed by atoms with Crippen molar-refractivity contribution >= 4 is 12.0 Å². The van der Waals surface area contributed by atoms with Crippen LogP contribution in [0.5, 0.6) is 0 Å². The summed E-state index contributed by atoms with van der Waals surface area (Å²) in [7, 11) is 0. The van der Waals surface area contributed by atoms with Crippen molar-refractivity contribution in [1.82, 2.24) is 10.6 Å². The number of nitrogens with one attached hydrogen (secondary N) is 2. The number of fused-ring (bicyclic) bond motifs is 3. The lowest BCUT2D eigenvalue weighted by atomic mass is 9.73. The molecule has 4 rings (SSSR count). The number of carbonyl (C=O) groups is 2. The van der Waals surface area contributed by atoms with Crippen molar-refractivity contribution in [3.63, 3.8) is 0 Å². The van der Waals surface area contributed by atoms with Gasteiger partial charge in [0.2, 0.25) is 5.91 Å². The molecule has 2 aliphatic rings. The van der Waals surface area contributed by atoms with Gasteiger partial charge in [0.05, 0.1) is 0 Å². The van der Waals surface area contributed by atoms with Crippen LogP contribution in [0.25, 0.3) is 11.1 Å². The first-order chi connectivity index (χ1) is 19.2. The molecular weight excluding hydrogens is 496 g/mol. The first kappa shape index (κ1) is 30.1. The average Bonchev–Trinajstić information content (AvgIpc) is 3.26. The number of ether oxygens (including phenoxy) is 1. The SMILES string of the molecule is CCCNC(=O)C1(CCCC[C@H]2CCCCC(NC(=O)OC(C)(C)C)CCC2)c2ccccc2-c2ccccc21. The number of rotatable bonds is 9. The predicted octanol–water partition coefficient (Wildman–Crippen LogP) is 8.29. The summed E-state index contributed by atoms with van der Waals surface area (Å²) in [6.07, 6.45) is 12.9. The molecule has 218 valence electrons. The van der Waals surface area contributed by atoms with Gasteiger partial charge in [0.25, 0.3) is 0 Å². The molecule has 2 atom stereocenters. The largest absolute Gasteiger partial charge is 0.444 e.